The van der Waals surface area contributed by atoms with Crippen LogP contribution in [0, 0.1) is 0 Å². The summed E-state index contributed by atoms with van der Waals surface area (Å²) in [5.74, 6) is 0. The Morgan fingerprint density at radius 2 is 1.23 bits per heavy atom. The van der Waals surface area contributed by atoms with Crippen molar-refractivity contribution in [2.24, 2.45) is 0 Å². The minimum Gasteiger partial charge on any atom is -0.368 e. The number of hydrogen-bond acceptors (Lipinski definition) is 9. The molecule has 6 nitrogen and oxygen atoms in total. The van der Waals surface area contributed by atoms with Gasteiger partial charge < -0.3 is 9.47 Å². The molecule has 2 aliphatic heterocycles. The van der Waals surface area contributed by atoms with Gasteiger partial charge in [-0.15, -0.1) is 22.7 Å². The molecule has 0 saturated carbocycles. The molecule has 2 fully saturated rings. The van der Waals surface area contributed by atoms with Gasteiger partial charge in [-0.3, -0.25) is 0 Å². The molecule has 2 unspecified atom stereocenters. The van der Waals surface area contributed by atoms with Crippen LogP contribution >= 0.6 is 34.8 Å². The van der Waals surface area contributed by atoms with Gasteiger partial charge in [0.2, 0.25) is 0 Å². The normalized spacial score (nSPS) is 23.6. The molecule has 2 aromatic heterocycles. The summed E-state index contributed by atoms with van der Waals surface area (Å²) in [6.45, 7) is 4.95. The fourth-order valence-corrected chi connectivity index (χ4v) is 6.98. The topological polar surface area (TPSA) is 50.7 Å². The second-order valence-corrected chi connectivity index (χ2v) is 10.9. The Morgan fingerprint density at radius 1 is 0.742 bits per heavy atom. The van der Waals surface area contributed by atoms with Gasteiger partial charge in [0.15, 0.2) is 0 Å². The van der Waals surface area contributed by atoms with Crippen molar-refractivity contribution in [3.05, 3.63) is 58.5 Å². The van der Waals surface area contributed by atoms with Crippen LogP contribution in [0.2, 0.25) is 0 Å². The zero-order valence-corrected chi connectivity index (χ0v) is 19.3. The van der Waals surface area contributed by atoms with Crippen LogP contribution in [0.4, 0.5) is 0 Å². The number of hydrogen-bond donors (Lipinski definition) is 0. The second kappa shape index (κ2) is 8.74. The number of nitrogens with zero attached hydrogens (tertiary/aromatic N) is 4. The smallest absolute Gasteiger partial charge is 0.124 e. The Bertz CT molecular complexity index is 1040. The quantitative estimate of drug-likeness (QED) is 0.393. The Balaban J connectivity index is 1.12. The standard InChI is InChI=1S/C22H22N4O2S3/c1-3-7-19-15(5-1)23-21(29-19)17-13-25(9-11-27-17)31-26-10-12-28-18(14-26)22-24-16-6-2-4-8-20(16)30-22/h1-8,17-18H,9-14H2. The van der Waals surface area contributed by atoms with Crippen molar-refractivity contribution in [1.82, 2.24) is 18.6 Å². The van der Waals surface area contributed by atoms with Crippen molar-refractivity contribution in [2.45, 2.75) is 12.2 Å². The predicted octanol–water partition coefficient (Wildman–Crippen LogP) is 4.92. The minimum absolute atomic E-state index is 0.0275. The lowest BCUT2D eigenvalue weighted by Gasteiger charge is -2.37. The Labute approximate surface area is 193 Å². The summed E-state index contributed by atoms with van der Waals surface area (Å²) >= 11 is 5.29. The minimum atomic E-state index is 0.0275. The number of fused-ring (bicyclic) bond motifs is 2. The van der Waals surface area contributed by atoms with E-state index in [2.05, 4.69) is 45.0 Å². The summed E-state index contributed by atoms with van der Waals surface area (Å²) in [6.07, 6.45) is 0.0551. The zero-order chi connectivity index (χ0) is 20.6. The van der Waals surface area contributed by atoms with E-state index in [9.17, 15) is 0 Å². The molecule has 2 saturated heterocycles. The number of aromatic nitrogens is 2. The van der Waals surface area contributed by atoms with E-state index < -0.39 is 0 Å². The monoisotopic (exact) mass is 470 g/mol. The third kappa shape index (κ3) is 4.23. The molecule has 0 spiro atoms. The first kappa shape index (κ1) is 20.0. The maximum atomic E-state index is 6.08. The molecule has 2 aromatic carbocycles. The van der Waals surface area contributed by atoms with Gasteiger partial charge in [0.05, 0.1) is 33.6 Å². The number of thiazole rings is 2. The Kier molecular flexibility index (Phi) is 5.65. The van der Waals surface area contributed by atoms with Crippen molar-refractivity contribution in [2.75, 3.05) is 39.4 Å². The van der Waals surface area contributed by atoms with Crippen LogP contribution in [0.25, 0.3) is 20.4 Å². The molecule has 0 amide bonds. The number of ether oxygens (including phenoxy) is 2. The van der Waals surface area contributed by atoms with Gasteiger partial charge in [-0.2, -0.15) is 0 Å². The Hall–Kier alpha value is -1.59. The molecule has 2 aliphatic rings. The SMILES string of the molecule is c1ccc2sc(C3CN(SN4CCOC(c5nc6ccccc6s5)C4)CCO3)nc2c1. The van der Waals surface area contributed by atoms with Crippen molar-refractivity contribution in [3.63, 3.8) is 0 Å². The van der Waals surface area contributed by atoms with Gasteiger partial charge in [-0.25, -0.2) is 18.6 Å². The summed E-state index contributed by atoms with van der Waals surface area (Å²) in [6, 6.07) is 16.6. The van der Waals surface area contributed by atoms with E-state index >= 15 is 0 Å². The highest BCUT2D eigenvalue weighted by Gasteiger charge is 2.30. The number of morpholine rings is 2. The van der Waals surface area contributed by atoms with Crippen molar-refractivity contribution >= 4 is 55.2 Å². The molecule has 0 bridgehead atoms. The lowest BCUT2D eigenvalue weighted by Crippen LogP contribution is -2.40. The average molecular weight is 471 g/mol. The molecular formula is C22H22N4O2S3. The Morgan fingerprint density at radius 3 is 1.71 bits per heavy atom. The fraction of sp³-hybridized carbons (Fsp3) is 0.364. The van der Waals surface area contributed by atoms with E-state index in [1.54, 1.807) is 22.7 Å². The highest BCUT2D eigenvalue weighted by molar-refractivity contribution is 7.94. The number of rotatable bonds is 4. The van der Waals surface area contributed by atoms with Gasteiger partial charge in [-0.05, 0) is 24.3 Å². The molecule has 31 heavy (non-hydrogen) atoms. The summed E-state index contributed by atoms with van der Waals surface area (Å²) in [4.78, 5) is 9.61. The summed E-state index contributed by atoms with van der Waals surface area (Å²) in [5, 5.41) is 2.14. The molecule has 9 heteroatoms. The van der Waals surface area contributed by atoms with Crippen molar-refractivity contribution in [1.29, 1.82) is 0 Å². The predicted molar refractivity (Wildman–Crippen MR) is 127 cm³/mol. The number of para-hydroxylation sites is 2. The van der Waals surface area contributed by atoms with Gasteiger partial charge in [0, 0.05) is 38.3 Å². The van der Waals surface area contributed by atoms with Crippen LogP contribution in [0.1, 0.15) is 22.2 Å². The van der Waals surface area contributed by atoms with Gasteiger partial charge in [0.25, 0.3) is 0 Å². The van der Waals surface area contributed by atoms with Crippen LogP contribution in [0.3, 0.4) is 0 Å². The van der Waals surface area contributed by atoms with Gasteiger partial charge in [0.1, 0.15) is 22.2 Å². The zero-order valence-electron chi connectivity index (χ0n) is 16.8. The van der Waals surface area contributed by atoms with E-state index in [0.717, 1.165) is 60.4 Å². The first-order valence-corrected chi connectivity index (χ1v) is 12.8. The van der Waals surface area contributed by atoms with E-state index in [1.165, 1.54) is 9.40 Å². The van der Waals surface area contributed by atoms with Crippen LogP contribution in [-0.2, 0) is 9.47 Å². The molecular weight excluding hydrogens is 448 g/mol. The van der Waals surface area contributed by atoms with Crippen molar-refractivity contribution in [3.8, 4) is 0 Å². The maximum Gasteiger partial charge on any atom is 0.124 e. The molecule has 0 aliphatic carbocycles. The van der Waals surface area contributed by atoms with E-state index in [0.29, 0.717) is 0 Å². The summed E-state index contributed by atoms with van der Waals surface area (Å²) in [7, 11) is 0. The maximum absolute atomic E-state index is 6.08. The molecule has 6 rings (SSSR count). The third-order valence-corrected chi connectivity index (χ3v) is 8.84. The highest BCUT2D eigenvalue weighted by Crippen LogP contribution is 2.35. The summed E-state index contributed by atoms with van der Waals surface area (Å²) < 4.78 is 19.4. The van der Waals surface area contributed by atoms with Crippen molar-refractivity contribution < 1.29 is 9.47 Å². The molecule has 4 heterocycles. The first-order valence-electron chi connectivity index (χ1n) is 10.4. The van der Waals surface area contributed by atoms with E-state index in [1.807, 2.05) is 24.3 Å². The second-order valence-electron chi connectivity index (χ2n) is 7.62. The summed E-state index contributed by atoms with van der Waals surface area (Å²) in [5.41, 5.74) is 2.12. The molecule has 0 N–H and O–H groups in total. The van der Waals surface area contributed by atoms with E-state index in [4.69, 9.17) is 19.4 Å². The lowest BCUT2D eigenvalue weighted by molar-refractivity contribution is -0.0103. The van der Waals surface area contributed by atoms with Crippen LogP contribution in [-0.4, -0.2) is 58.0 Å². The van der Waals surface area contributed by atoms with Gasteiger partial charge >= 0.3 is 0 Å². The fourth-order valence-electron chi connectivity index (χ4n) is 3.92. The molecule has 160 valence electrons. The van der Waals surface area contributed by atoms with Crippen LogP contribution in [0.5, 0.6) is 0 Å². The van der Waals surface area contributed by atoms with Gasteiger partial charge in [-0.1, -0.05) is 24.3 Å². The average Bonchev–Trinajstić information content (AvgIpc) is 3.44. The highest BCUT2D eigenvalue weighted by atomic mass is 32.2. The van der Waals surface area contributed by atoms with Crippen LogP contribution in [0.15, 0.2) is 48.5 Å². The largest absolute Gasteiger partial charge is 0.368 e. The third-order valence-electron chi connectivity index (χ3n) is 5.46. The van der Waals surface area contributed by atoms with Crippen LogP contribution < -0.4 is 0 Å². The first-order chi connectivity index (χ1) is 15.3. The van der Waals surface area contributed by atoms with E-state index in [-0.39, 0.29) is 12.2 Å². The number of benzene rings is 2. The molecule has 0 radical (unpaired) electrons. The molecule has 2 atom stereocenters. The molecule has 4 aromatic rings. The lowest BCUT2D eigenvalue weighted by atomic mass is 10.3.